The van der Waals surface area contributed by atoms with Crippen LogP contribution in [-0.4, -0.2) is 29.5 Å². The summed E-state index contributed by atoms with van der Waals surface area (Å²) in [7, 11) is 0. The van der Waals surface area contributed by atoms with E-state index in [9.17, 15) is 9.59 Å². The lowest BCUT2D eigenvalue weighted by atomic mass is 9.82. The number of nitrogens with one attached hydrogen (secondary N) is 2. The summed E-state index contributed by atoms with van der Waals surface area (Å²) in [4.78, 5) is 28.4. The SMILES string of the molecule is Cc1[nH]c2c(Cl)cccc2c1CCNC(=O)[C@@H]1CC=CC[C@@H]1C(=O)OC(C)C. The molecular formula is C22H27ClN2O3. The molecule has 6 heteroatoms. The molecule has 1 heterocycles. The van der Waals surface area contributed by atoms with Gasteiger partial charge >= 0.3 is 5.97 Å². The van der Waals surface area contributed by atoms with Gasteiger partial charge in [0.25, 0.3) is 0 Å². The van der Waals surface area contributed by atoms with Crippen molar-refractivity contribution in [2.75, 3.05) is 6.54 Å². The van der Waals surface area contributed by atoms with Gasteiger partial charge in [0.2, 0.25) is 5.91 Å². The van der Waals surface area contributed by atoms with Gasteiger partial charge in [-0.15, -0.1) is 0 Å². The molecule has 0 saturated heterocycles. The highest BCUT2D eigenvalue weighted by atomic mass is 35.5. The number of aryl methyl sites for hydroxylation is 1. The Morgan fingerprint density at radius 3 is 2.68 bits per heavy atom. The van der Waals surface area contributed by atoms with Crippen LogP contribution in [-0.2, 0) is 20.7 Å². The van der Waals surface area contributed by atoms with Crippen molar-refractivity contribution in [3.8, 4) is 0 Å². The molecule has 28 heavy (non-hydrogen) atoms. The van der Waals surface area contributed by atoms with Crippen LogP contribution in [0.15, 0.2) is 30.4 Å². The Kier molecular flexibility index (Phi) is 6.45. The normalized spacial score (nSPS) is 19.2. The van der Waals surface area contributed by atoms with E-state index >= 15 is 0 Å². The second-order valence-corrected chi connectivity index (χ2v) is 7.98. The topological polar surface area (TPSA) is 71.2 Å². The summed E-state index contributed by atoms with van der Waals surface area (Å²) in [6.45, 7) is 6.16. The summed E-state index contributed by atoms with van der Waals surface area (Å²) in [5.41, 5.74) is 3.13. The minimum absolute atomic E-state index is 0.0921. The lowest BCUT2D eigenvalue weighted by Crippen LogP contribution is -2.40. The summed E-state index contributed by atoms with van der Waals surface area (Å²) in [6.07, 6.45) is 5.54. The Hall–Kier alpha value is -2.27. The van der Waals surface area contributed by atoms with Gasteiger partial charge in [0.1, 0.15) is 0 Å². The standard InChI is InChI=1S/C22H27ClN2O3/c1-13(2)28-22(27)18-8-5-4-7-17(18)21(26)24-12-11-15-14(3)25-20-16(15)9-6-10-19(20)23/h4-6,9-10,13,17-18,25H,7-8,11-12H2,1-3H3,(H,24,26)/t17-,18+/m1/s1. The van der Waals surface area contributed by atoms with Crippen molar-refractivity contribution in [3.63, 3.8) is 0 Å². The van der Waals surface area contributed by atoms with Crippen molar-refractivity contribution in [2.45, 2.75) is 46.1 Å². The number of esters is 1. The van der Waals surface area contributed by atoms with E-state index in [0.29, 0.717) is 30.8 Å². The molecule has 150 valence electrons. The molecule has 0 fully saturated rings. The first kappa shape index (κ1) is 20.5. The number of rotatable bonds is 6. The molecule has 0 radical (unpaired) electrons. The molecule has 0 spiro atoms. The van der Waals surface area contributed by atoms with E-state index in [1.165, 1.54) is 0 Å². The number of ether oxygens (including phenoxy) is 1. The molecule has 1 aliphatic carbocycles. The number of amides is 1. The first-order chi connectivity index (χ1) is 13.4. The zero-order chi connectivity index (χ0) is 20.3. The van der Waals surface area contributed by atoms with Gasteiger partial charge in [-0.25, -0.2) is 0 Å². The van der Waals surface area contributed by atoms with Crippen LogP contribution in [0.3, 0.4) is 0 Å². The fourth-order valence-electron chi connectivity index (χ4n) is 3.82. The first-order valence-electron chi connectivity index (χ1n) is 9.77. The van der Waals surface area contributed by atoms with E-state index in [0.717, 1.165) is 22.2 Å². The number of H-pyrrole nitrogens is 1. The van der Waals surface area contributed by atoms with Crippen molar-refractivity contribution >= 4 is 34.4 Å². The largest absolute Gasteiger partial charge is 0.463 e. The lowest BCUT2D eigenvalue weighted by Gasteiger charge is -2.26. The molecule has 0 unspecified atom stereocenters. The molecule has 1 aromatic carbocycles. The van der Waals surface area contributed by atoms with E-state index in [1.54, 1.807) is 0 Å². The van der Waals surface area contributed by atoms with E-state index < -0.39 is 5.92 Å². The highest BCUT2D eigenvalue weighted by molar-refractivity contribution is 6.35. The van der Waals surface area contributed by atoms with Crippen molar-refractivity contribution in [1.82, 2.24) is 10.3 Å². The van der Waals surface area contributed by atoms with Crippen LogP contribution in [0.5, 0.6) is 0 Å². The first-order valence-corrected chi connectivity index (χ1v) is 10.1. The lowest BCUT2D eigenvalue weighted by molar-refractivity contribution is -0.156. The Bertz CT molecular complexity index is 901. The second kappa shape index (κ2) is 8.82. The number of benzene rings is 1. The minimum atomic E-state index is -0.416. The molecule has 1 amide bonds. The number of fused-ring (bicyclic) bond motifs is 1. The number of para-hydroxylation sites is 1. The smallest absolute Gasteiger partial charge is 0.310 e. The maximum atomic E-state index is 12.7. The summed E-state index contributed by atoms with van der Waals surface area (Å²) in [5.74, 6) is -1.18. The Balaban J connectivity index is 1.64. The third-order valence-electron chi connectivity index (χ3n) is 5.20. The molecule has 1 aliphatic rings. The molecule has 3 rings (SSSR count). The van der Waals surface area contributed by atoms with Crippen LogP contribution >= 0.6 is 11.6 Å². The van der Waals surface area contributed by atoms with Crippen molar-refractivity contribution in [1.29, 1.82) is 0 Å². The molecule has 1 aromatic heterocycles. The minimum Gasteiger partial charge on any atom is -0.463 e. The van der Waals surface area contributed by atoms with Gasteiger partial charge in [0, 0.05) is 17.6 Å². The molecule has 2 N–H and O–H groups in total. The molecule has 2 atom stereocenters. The van der Waals surface area contributed by atoms with E-state index in [-0.39, 0.29) is 23.9 Å². The Morgan fingerprint density at radius 1 is 1.25 bits per heavy atom. The van der Waals surface area contributed by atoms with Crippen LogP contribution in [0.25, 0.3) is 10.9 Å². The van der Waals surface area contributed by atoms with E-state index in [1.807, 2.05) is 51.1 Å². The summed E-state index contributed by atoms with van der Waals surface area (Å²) < 4.78 is 5.34. The predicted molar refractivity (Wildman–Crippen MR) is 111 cm³/mol. The molecule has 2 aromatic rings. The van der Waals surface area contributed by atoms with Crippen molar-refractivity contribution in [2.24, 2.45) is 11.8 Å². The quantitative estimate of drug-likeness (QED) is 0.558. The zero-order valence-electron chi connectivity index (χ0n) is 16.5. The van der Waals surface area contributed by atoms with Crippen LogP contribution in [0.1, 0.15) is 37.9 Å². The van der Waals surface area contributed by atoms with Crippen LogP contribution in [0, 0.1) is 18.8 Å². The number of hydrogen-bond acceptors (Lipinski definition) is 3. The maximum Gasteiger partial charge on any atom is 0.310 e. The fraction of sp³-hybridized carbons (Fsp3) is 0.455. The van der Waals surface area contributed by atoms with Gasteiger partial charge in [-0.1, -0.05) is 35.9 Å². The van der Waals surface area contributed by atoms with Crippen LogP contribution in [0.2, 0.25) is 5.02 Å². The van der Waals surface area contributed by atoms with Crippen LogP contribution in [0.4, 0.5) is 0 Å². The van der Waals surface area contributed by atoms with Crippen molar-refractivity contribution in [3.05, 3.63) is 46.6 Å². The number of aromatic nitrogens is 1. The van der Waals surface area contributed by atoms with Gasteiger partial charge in [-0.2, -0.15) is 0 Å². The highest BCUT2D eigenvalue weighted by Crippen LogP contribution is 2.29. The number of halogens is 1. The molecule has 0 bridgehead atoms. The van der Waals surface area contributed by atoms with Gasteiger partial charge in [-0.3, -0.25) is 9.59 Å². The van der Waals surface area contributed by atoms with Gasteiger partial charge < -0.3 is 15.0 Å². The third kappa shape index (κ3) is 4.41. The van der Waals surface area contributed by atoms with Gasteiger partial charge in [0.05, 0.1) is 28.5 Å². The Morgan fingerprint density at radius 2 is 1.96 bits per heavy atom. The van der Waals surface area contributed by atoms with E-state index in [2.05, 4.69) is 10.3 Å². The molecular weight excluding hydrogens is 376 g/mol. The Labute approximate surface area is 170 Å². The predicted octanol–water partition coefficient (Wildman–Crippen LogP) is 4.32. The monoisotopic (exact) mass is 402 g/mol. The highest BCUT2D eigenvalue weighted by Gasteiger charge is 2.35. The van der Waals surface area contributed by atoms with Crippen molar-refractivity contribution < 1.29 is 14.3 Å². The number of aromatic amines is 1. The fourth-order valence-corrected chi connectivity index (χ4v) is 4.04. The number of carbonyl (C=O) groups excluding carboxylic acids is 2. The second-order valence-electron chi connectivity index (χ2n) is 7.57. The number of hydrogen-bond donors (Lipinski definition) is 2. The van der Waals surface area contributed by atoms with Gasteiger partial charge in [0.15, 0.2) is 0 Å². The average Bonchev–Trinajstić information content (AvgIpc) is 2.98. The average molecular weight is 403 g/mol. The number of carbonyl (C=O) groups is 2. The summed E-state index contributed by atoms with van der Waals surface area (Å²) >= 11 is 6.26. The van der Waals surface area contributed by atoms with Crippen LogP contribution < -0.4 is 5.32 Å². The zero-order valence-corrected chi connectivity index (χ0v) is 17.3. The molecule has 5 nitrogen and oxygen atoms in total. The molecule has 0 saturated carbocycles. The molecule has 0 aliphatic heterocycles. The summed E-state index contributed by atoms with van der Waals surface area (Å²) in [5, 5.41) is 4.78. The third-order valence-corrected chi connectivity index (χ3v) is 5.52. The maximum absolute atomic E-state index is 12.7. The summed E-state index contributed by atoms with van der Waals surface area (Å²) in [6, 6.07) is 5.82. The van der Waals surface area contributed by atoms with Gasteiger partial charge in [-0.05, 0) is 51.7 Å². The van der Waals surface area contributed by atoms with E-state index in [4.69, 9.17) is 16.3 Å². The number of allylic oxidation sites excluding steroid dienone is 2.